The molecule has 2 rings (SSSR count). The molecule has 1 aliphatic rings. The summed E-state index contributed by atoms with van der Waals surface area (Å²) in [5, 5.41) is 9.29. The minimum Gasteiger partial charge on any atom is -0.396 e. The van der Waals surface area contributed by atoms with Crippen LogP contribution in [0.4, 0.5) is 0 Å². The van der Waals surface area contributed by atoms with E-state index in [-0.39, 0.29) is 5.41 Å². The van der Waals surface area contributed by atoms with Gasteiger partial charge < -0.3 is 5.11 Å². The van der Waals surface area contributed by atoms with Crippen molar-refractivity contribution in [3.05, 3.63) is 35.4 Å². The van der Waals surface area contributed by atoms with E-state index in [1.54, 1.807) is 0 Å². The van der Waals surface area contributed by atoms with Gasteiger partial charge in [-0.05, 0) is 36.2 Å². The molecule has 0 aliphatic heterocycles. The maximum atomic E-state index is 9.29. The molecule has 3 atom stereocenters. The zero-order chi connectivity index (χ0) is 11.1. The number of hydrogen-bond acceptors (Lipinski definition) is 1. The molecule has 1 fully saturated rings. The monoisotopic (exact) mass is 204 g/mol. The van der Waals surface area contributed by atoms with E-state index in [1.165, 1.54) is 17.5 Å². The van der Waals surface area contributed by atoms with Crippen molar-refractivity contribution in [3.8, 4) is 0 Å². The maximum Gasteiger partial charge on any atom is 0.0487 e. The number of hydrogen-bond donors (Lipinski definition) is 1. The highest BCUT2D eigenvalue weighted by atomic mass is 16.3. The molecule has 1 nitrogen and oxygen atoms in total. The van der Waals surface area contributed by atoms with Crippen LogP contribution in [0.2, 0.25) is 0 Å². The van der Waals surface area contributed by atoms with Crippen LogP contribution in [0.25, 0.3) is 0 Å². The summed E-state index contributed by atoms with van der Waals surface area (Å²) in [5.41, 5.74) is 2.92. The van der Waals surface area contributed by atoms with Gasteiger partial charge in [0.2, 0.25) is 0 Å². The maximum absolute atomic E-state index is 9.29. The summed E-state index contributed by atoms with van der Waals surface area (Å²) in [5.74, 6) is 1.23. The van der Waals surface area contributed by atoms with Gasteiger partial charge in [0, 0.05) is 6.61 Å². The predicted molar refractivity (Wildman–Crippen MR) is 62.9 cm³/mol. The number of rotatable bonds is 3. The summed E-state index contributed by atoms with van der Waals surface area (Å²) in [6.45, 7) is 6.92. The van der Waals surface area contributed by atoms with Crippen molar-refractivity contribution < 1.29 is 5.11 Å². The molecule has 1 aliphatic carbocycles. The minimum absolute atomic E-state index is 0.184. The minimum atomic E-state index is 0.184. The quantitative estimate of drug-likeness (QED) is 0.802. The third kappa shape index (κ3) is 1.93. The van der Waals surface area contributed by atoms with Gasteiger partial charge in [-0.1, -0.05) is 43.7 Å². The van der Waals surface area contributed by atoms with E-state index >= 15 is 0 Å². The van der Waals surface area contributed by atoms with Crippen LogP contribution in [-0.2, 0) is 0 Å². The first-order chi connectivity index (χ1) is 7.07. The highest BCUT2D eigenvalue weighted by Crippen LogP contribution is 2.58. The van der Waals surface area contributed by atoms with Crippen LogP contribution >= 0.6 is 0 Å². The van der Waals surface area contributed by atoms with Crippen LogP contribution < -0.4 is 0 Å². The van der Waals surface area contributed by atoms with Gasteiger partial charge in [-0.25, -0.2) is 0 Å². The largest absolute Gasteiger partial charge is 0.396 e. The standard InChI is InChI=1S/C14H20O/c1-10-5-4-6-12(7-10)11(2)13-8-14(13,3)9-15/h4-7,11,13,15H,8-9H2,1-3H3/t11-,13-,14+/m0/s1. The Morgan fingerprint density at radius 3 is 2.80 bits per heavy atom. The van der Waals surface area contributed by atoms with Crippen molar-refractivity contribution >= 4 is 0 Å². The van der Waals surface area contributed by atoms with E-state index in [4.69, 9.17) is 0 Å². The summed E-state index contributed by atoms with van der Waals surface area (Å²) in [4.78, 5) is 0. The lowest BCUT2D eigenvalue weighted by molar-refractivity contribution is 0.207. The van der Waals surface area contributed by atoms with Gasteiger partial charge in [0.05, 0.1) is 0 Å². The highest BCUT2D eigenvalue weighted by molar-refractivity contribution is 5.27. The average Bonchev–Trinajstić information content (AvgIpc) is 2.91. The second kappa shape index (κ2) is 3.64. The van der Waals surface area contributed by atoms with Crippen molar-refractivity contribution in [1.82, 2.24) is 0 Å². The van der Waals surface area contributed by atoms with Gasteiger partial charge in [-0.15, -0.1) is 0 Å². The van der Waals surface area contributed by atoms with Crippen LogP contribution in [0, 0.1) is 18.3 Å². The van der Waals surface area contributed by atoms with Crippen LogP contribution in [0.15, 0.2) is 24.3 Å². The Kier molecular flexibility index (Phi) is 2.59. The van der Waals surface area contributed by atoms with E-state index in [0.29, 0.717) is 18.4 Å². The summed E-state index contributed by atoms with van der Waals surface area (Å²) in [6, 6.07) is 8.72. The Bertz CT molecular complexity index is 358. The lowest BCUT2D eigenvalue weighted by Crippen LogP contribution is -2.08. The predicted octanol–water partition coefficient (Wildman–Crippen LogP) is 3.12. The third-order valence-electron chi connectivity index (χ3n) is 3.95. The number of benzene rings is 1. The molecule has 1 aromatic carbocycles. The summed E-state index contributed by atoms with van der Waals surface area (Å²) < 4.78 is 0. The van der Waals surface area contributed by atoms with Gasteiger partial charge in [-0.3, -0.25) is 0 Å². The fraction of sp³-hybridized carbons (Fsp3) is 0.571. The van der Waals surface area contributed by atoms with E-state index in [0.717, 1.165) is 0 Å². The molecule has 0 saturated heterocycles. The van der Waals surface area contributed by atoms with E-state index in [9.17, 15) is 5.11 Å². The van der Waals surface area contributed by atoms with Gasteiger partial charge in [-0.2, -0.15) is 0 Å². The Morgan fingerprint density at radius 1 is 1.53 bits per heavy atom. The van der Waals surface area contributed by atoms with Crippen molar-refractivity contribution in [3.63, 3.8) is 0 Å². The summed E-state index contributed by atoms with van der Waals surface area (Å²) in [6.07, 6.45) is 1.17. The van der Waals surface area contributed by atoms with E-state index in [2.05, 4.69) is 45.0 Å². The summed E-state index contributed by atoms with van der Waals surface area (Å²) >= 11 is 0. The van der Waals surface area contributed by atoms with Crippen molar-refractivity contribution in [2.45, 2.75) is 33.1 Å². The SMILES string of the molecule is Cc1cccc([C@H](C)[C@@H]2C[C@]2(C)CO)c1. The van der Waals surface area contributed by atoms with Crippen LogP contribution in [0.1, 0.15) is 37.3 Å². The first kappa shape index (κ1) is 10.7. The first-order valence-corrected chi connectivity index (χ1v) is 5.74. The topological polar surface area (TPSA) is 20.2 Å². The van der Waals surface area contributed by atoms with Gasteiger partial charge in [0.15, 0.2) is 0 Å². The van der Waals surface area contributed by atoms with E-state index in [1.807, 2.05) is 0 Å². The zero-order valence-electron chi connectivity index (χ0n) is 9.83. The molecule has 1 heteroatoms. The van der Waals surface area contributed by atoms with Gasteiger partial charge in [0.1, 0.15) is 0 Å². The van der Waals surface area contributed by atoms with Crippen LogP contribution in [0.3, 0.4) is 0 Å². The molecular weight excluding hydrogens is 184 g/mol. The number of aliphatic hydroxyl groups is 1. The average molecular weight is 204 g/mol. The second-order valence-electron chi connectivity index (χ2n) is 5.33. The van der Waals surface area contributed by atoms with Crippen molar-refractivity contribution in [2.75, 3.05) is 6.61 Å². The van der Waals surface area contributed by atoms with Crippen LogP contribution in [0.5, 0.6) is 0 Å². The molecule has 1 aromatic rings. The molecule has 0 unspecified atom stereocenters. The van der Waals surface area contributed by atoms with Gasteiger partial charge in [0.25, 0.3) is 0 Å². The number of aryl methyl sites for hydroxylation is 1. The molecule has 82 valence electrons. The lowest BCUT2D eigenvalue weighted by atomic mass is 9.91. The molecule has 0 heterocycles. The molecule has 1 N–H and O–H groups in total. The smallest absolute Gasteiger partial charge is 0.0487 e. The number of aliphatic hydroxyl groups excluding tert-OH is 1. The Morgan fingerprint density at radius 2 is 2.27 bits per heavy atom. The van der Waals surface area contributed by atoms with Crippen LogP contribution in [-0.4, -0.2) is 11.7 Å². The van der Waals surface area contributed by atoms with Gasteiger partial charge >= 0.3 is 0 Å². The second-order valence-corrected chi connectivity index (χ2v) is 5.33. The molecule has 15 heavy (non-hydrogen) atoms. The molecule has 0 amide bonds. The Balaban J connectivity index is 2.13. The molecule has 1 saturated carbocycles. The third-order valence-corrected chi connectivity index (χ3v) is 3.95. The summed E-state index contributed by atoms with van der Waals surface area (Å²) in [7, 11) is 0. The zero-order valence-corrected chi connectivity index (χ0v) is 9.83. The Hall–Kier alpha value is -0.820. The molecule has 0 aromatic heterocycles. The molecule has 0 bridgehead atoms. The lowest BCUT2D eigenvalue weighted by Gasteiger charge is -2.15. The highest BCUT2D eigenvalue weighted by Gasteiger charge is 2.52. The fourth-order valence-electron chi connectivity index (χ4n) is 2.59. The fourth-order valence-corrected chi connectivity index (χ4v) is 2.59. The molecular formula is C14H20O. The van der Waals surface area contributed by atoms with E-state index < -0.39 is 0 Å². The molecule has 0 spiro atoms. The van der Waals surface area contributed by atoms with Crippen molar-refractivity contribution in [1.29, 1.82) is 0 Å². The normalized spacial score (nSPS) is 31.3. The Labute approximate surface area is 92.1 Å². The first-order valence-electron chi connectivity index (χ1n) is 5.74. The molecule has 0 radical (unpaired) electrons. The van der Waals surface area contributed by atoms with Crippen molar-refractivity contribution in [2.24, 2.45) is 11.3 Å².